The van der Waals surface area contributed by atoms with E-state index in [1.807, 2.05) is 0 Å². The Labute approximate surface area is 139 Å². The van der Waals surface area contributed by atoms with Gasteiger partial charge in [-0.3, -0.25) is 4.79 Å². The minimum absolute atomic E-state index is 0.0558. The van der Waals surface area contributed by atoms with Gasteiger partial charge in [-0.05, 0) is 34.6 Å². The molecule has 0 spiro atoms. The molecule has 1 rings (SSSR count). The van der Waals surface area contributed by atoms with E-state index >= 15 is 0 Å². The largest absolute Gasteiger partial charge is 0.465 e. The van der Waals surface area contributed by atoms with Gasteiger partial charge in [0.25, 0.3) is 0 Å². The van der Waals surface area contributed by atoms with Crippen molar-refractivity contribution in [3.05, 3.63) is 5.89 Å². The van der Waals surface area contributed by atoms with Crippen LogP contribution in [0.15, 0.2) is 9.64 Å². The fourth-order valence-electron chi connectivity index (χ4n) is 1.49. The molecule has 1 N–H and O–H groups in total. The number of sulfone groups is 1. The third kappa shape index (κ3) is 6.14. The van der Waals surface area contributed by atoms with Crippen LogP contribution in [0, 0.1) is 0 Å². The Hall–Kier alpha value is -2.17. The van der Waals surface area contributed by atoms with Crippen molar-refractivity contribution in [3.8, 4) is 0 Å². The Morgan fingerprint density at radius 3 is 2.46 bits per heavy atom. The summed E-state index contributed by atoms with van der Waals surface area (Å²) in [7, 11) is -4.11. The summed E-state index contributed by atoms with van der Waals surface area (Å²) in [6.07, 6.45) is -0.718. The van der Waals surface area contributed by atoms with Crippen molar-refractivity contribution in [2.45, 2.75) is 51.5 Å². The first kappa shape index (κ1) is 19.9. The van der Waals surface area contributed by atoms with Gasteiger partial charge in [0, 0.05) is 0 Å². The molecule has 0 aromatic carbocycles. The van der Waals surface area contributed by atoms with Gasteiger partial charge in [0.15, 0.2) is 5.75 Å². The van der Waals surface area contributed by atoms with E-state index in [1.54, 1.807) is 27.7 Å². The molecule has 0 aliphatic rings. The van der Waals surface area contributed by atoms with Gasteiger partial charge < -0.3 is 19.2 Å². The van der Waals surface area contributed by atoms with Crippen LogP contribution in [0.1, 0.15) is 46.6 Å². The summed E-state index contributed by atoms with van der Waals surface area (Å²) in [5.74, 6) is -1.96. The van der Waals surface area contributed by atoms with Crippen LogP contribution in [0.4, 0.5) is 4.79 Å². The number of carbonyl (C=O) groups excluding carboxylic acids is 2. The Balaban J connectivity index is 2.77. The number of hydrogen-bond donors (Lipinski definition) is 1. The zero-order valence-electron chi connectivity index (χ0n) is 14.2. The topological polar surface area (TPSA) is 138 Å². The minimum atomic E-state index is -4.11. The number of nitrogens with one attached hydrogen (secondary N) is 1. The molecule has 10 nitrogen and oxygen atoms in total. The maximum absolute atomic E-state index is 12.0. The second-order valence-electron chi connectivity index (χ2n) is 5.84. The molecule has 136 valence electrons. The first-order chi connectivity index (χ1) is 10.9. The van der Waals surface area contributed by atoms with E-state index in [9.17, 15) is 18.0 Å². The van der Waals surface area contributed by atoms with E-state index in [2.05, 4.69) is 20.3 Å². The average molecular weight is 363 g/mol. The molecule has 1 aromatic heterocycles. The van der Waals surface area contributed by atoms with E-state index in [1.165, 1.54) is 6.92 Å². The van der Waals surface area contributed by atoms with Gasteiger partial charge >= 0.3 is 17.3 Å². The average Bonchev–Trinajstić information content (AvgIpc) is 2.85. The summed E-state index contributed by atoms with van der Waals surface area (Å²) in [6, 6.07) is -0.779. The summed E-state index contributed by atoms with van der Waals surface area (Å²) in [6.45, 7) is 8.22. The summed E-state index contributed by atoms with van der Waals surface area (Å²) in [5, 5.41) is 8.68. The van der Waals surface area contributed by atoms with Crippen molar-refractivity contribution in [2.75, 3.05) is 12.4 Å². The Morgan fingerprint density at radius 1 is 1.29 bits per heavy atom. The molecule has 0 saturated heterocycles. The number of aromatic nitrogens is 2. The summed E-state index contributed by atoms with van der Waals surface area (Å²) in [5.41, 5.74) is -0.688. The predicted molar refractivity (Wildman–Crippen MR) is 80.8 cm³/mol. The van der Waals surface area contributed by atoms with Gasteiger partial charge in [-0.25, -0.2) is 13.2 Å². The lowest BCUT2D eigenvalue weighted by Gasteiger charge is -2.20. The maximum atomic E-state index is 12.0. The molecule has 0 fully saturated rings. The maximum Gasteiger partial charge on any atom is 0.408 e. The number of amides is 1. The molecule has 1 unspecified atom stereocenters. The molecule has 0 aliphatic heterocycles. The molecule has 0 saturated carbocycles. The molecule has 1 atom stereocenters. The van der Waals surface area contributed by atoms with Crippen LogP contribution in [-0.4, -0.2) is 48.6 Å². The lowest BCUT2D eigenvalue weighted by atomic mass is 10.2. The number of alkyl carbamates (subject to hydrolysis) is 1. The smallest absolute Gasteiger partial charge is 0.408 e. The number of nitrogens with zero attached hydrogens (tertiary/aromatic N) is 2. The highest BCUT2D eigenvalue weighted by Gasteiger charge is 2.28. The molecular weight excluding hydrogens is 342 g/mol. The van der Waals surface area contributed by atoms with Crippen molar-refractivity contribution < 1.29 is 31.9 Å². The number of ether oxygens (including phenoxy) is 2. The van der Waals surface area contributed by atoms with Crippen LogP contribution in [0.3, 0.4) is 0 Å². The Kier molecular flexibility index (Phi) is 6.29. The molecule has 0 radical (unpaired) electrons. The summed E-state index contributed by atoms with van der Waals surface area (Å²) >= 11 is 0. The van der Waals surface area contributed by atoms with Crippen molar-refractivity contribution in [1.29, 1.82) is 0 Å². The van der Waals surface area contributed by atoms with Crippen molar-refractivity contribution >= 4 is 21.9 Å². The summed E-state index contributed by atoms with van der Waals surface area (Å²) < 4.78 is 38.6. The van der Waals surface area contributed by atoms with Gasteiger partial charge in [-0.15, -0.1) is 5.10 Å². The van der Waals surface area contributed by atoms with Crippen LogP contribution in [0.5, 0.6) is 0 Å². The van der Waals surface area contributed by atoms with E-state index in [-0.39, 0.29) is 12.5 Å². The number of rotatable bonds is 6. The summed E-state index contributed by atoms with van der Waals surface area (Å²) in [4.78, 5) is 22.9. The third-order valence-electron chi connectivity index (χ3n) is 2.41. The van der Waals surface area contributed by atoms with Gasteiger partial charge in [-0.2, -0.15) is 0 Å². The number of hydrogen-bond acceptors (Lipinski definition) is 9. The van der Waals surface area contributed by atoms with Crippen LogP contribution in [0.25, 0.3) is 0 Å². The fourth-order valence-corrected chi connectivity index (χ4v) is 2.38. The molecule has 1 aromatic rings. The lowest BCUT2D eigenvalue weighted by Crippen LogP contribution is -2.34. The molecule has 1 amide bonds. The van der Waals surface area contributed by atoms with Crippen LogP contribution in [0.2, 0.25) is 0 Å². The lowest BCUT2D eigenvalue weighted by molar-refractivity contribution is -0.139. The highest BCUT2D eigenvalue weighted by atomic mass is 32.2. The standard InChI is InChI=1S/C13H21N3O7S/c1-6-21-9(17)7-24(19,20)12-16-15-10(22-12)8(2)14-11(18)23-13(3,4)5/h8H,6-7H2,1-5H3,(H,14,18). The zero-order valence-corrected chi connectivity index (χ0v) is 15.0. The molecule has 0 aliphatic carbocycles. The minimum Gasteiger partial charge on any atom is -0.465 e. The molecular formula is C13H21N3O7S. The van der Waals surface area contributed by atoms with Gasteiger partial charge in [0.2, 0.25) is 15.7 Å². The SMILES string of the molecule is CCOC(=O)CS(=O)(=O)c1nnc(C(C)NC(=O)OC(C)(C)C)o1. The van der Waals surface area contributed by atoms with Gasteiger partial charge in [0.1, 0.15) is 11.6 Å². The predicted octanol–water partition coefficient (Wildman–Crippen LogP) is 0.992. The Bertz CT molecular complexity index is 691. The van der Waals surface area contributed by atoms with Crippen molar-refractivity contribution in [2.24, 2.45) is 0 Å². The fraction of sp³-hybridized carbons (Fsp3) is 0.692. The second-order valence-corrected chi connectivity index (χ2v) is 7.71. The monoisotopic (exact) mass is 363 g/mol. The van der Waals surface area contributed by atoms with E-state index in [0.29, 0.717) is 0 Å². The van der Waals surface area contributed by atoms with Crippen molar-refractivity contribution in [3.63, 3.8) is 0 Å². The second kappa shape index (κ2) is 7.60. The number of esters is 1. The quantitative estimate of drug-likeness (QED) is 0.733. The van der Waals surface area contributed by atoms with E-state index < -0.39 is 44.5 Å². The van der Waals surface area contributed by atoms with Crippen LogP contribution >= 0.6 is 0 Å². The first-order valence-corrected chi connectivity index (χ1v) is 8.81. The molecule has 1 heterocycles. The van der Waals surface area contributed by atoms with Gasteiger partial charge in [-0.1, -0.05) is 5.10 Å². The van der Waals surface area contributed by atoms with Crippen LogP contribution in [-0.2, 0) is 24.1 Å². The highest BCUT2D eigenvalue weighted by Crippen LogP contribution is 2.16. The molecule has 0 bridgehead atoms. The normalized spacial score (nSPS) is 13.2. The highest BCUT2D eigenvalue weighted by molar-refractivity contribution is 7.91. The number of carbonyl (C=O) groups is 2. The Morgan fingerprint density at radius 2 is 1.92 bits per heavy atom. The third-order valence-corrected chi connectivity index (χ3v) is 3.72. The van der Waals surface area contributed by atoms with Gasteiger partial charge in [0.05, 0.1) is 6.61 Å². The molecule has 11 heteroatoms. The zero-order chi connectivity index (χ0) is 18.5. The van der Waals surface area contributed by atoms with Crippen molar-refractivity contribution in [1.82, 2.24) is 15.5 Å². The van der Waals surface area contributed by atoms with E-state index in [4.69, 9.17) is 9.15 Å². The van der Waals surface area contributed by atoms with E-state index in [0.717, 1.165) is 0 Å². The first-order valence-electron chi connectivity index (χ1n) is 7.16. The van der Waals surface area contributed by atoms with Crippen LogP contribution < -0.4 is 5.32 Å². The molecule has 24 heavy (non-hydrogen) atoms.